The van der Waals surface area contributed by atoms with Gasteiger partial charge in [-0.1, -0.05) is 0 Å². The van der Waals surface area contributed by atoms with Crippen molar-refractivity contribution >= 4 is 23.0 Å². The summed E-state index contributed by atoms with van der Waals surface area (Å²) in [5.41, 5.74) is 2.96. The molecule has 5 nitrogen and oxygen atoms in total. The summed E-state index contributed by atoms with van der Waals surface area (Å²) in [5, 5.41) is 11.4. The van der Waals surface area contributed by atoms with Gasteiger partial charge in [-0.3, -0.25) is 4.79 Å². The summed E-state index contributed by atoms with van der Waals surface area (Å²) in [4.78, 5) is 14.1. The second-order valence-corrected chi connectivity index (χ2v) is 6.86. The van der Waals surface area contributed by atoms with Crippen LogP contribution in [0.3, 0.4) is 0 Å². The van der Waals surface area contributed by atoms with Crippen molar-refractivity contribution in [2.45, 2.75) is 26.3 Å². The molecule has 0 bridgehead atoms. The van der Waals surface area contributed by atoms with E-state index >= 15 is 0 Å². The molecule has 126 valence electrons. The first kappa shape index (κ1) is 17.7. The van der Waals surface area contributed by atoms with E-state index in [9.17, 15) is 4.79 Å². The van der Waals surface area contributed by atoms with E-state index < -0.39 is 0 Å². The summed E-state index contributed by atoms with van der Waals surface area (Å²) in [6, 6.07) is 14.9. The number of carbonyl (C=O) groups excluding carboxylic acids is 1. The maximum atomic E-state index is 12.1. The fraction of sp³-hybridized carbons (Fsp3) is 0.316. The van der Waals surface area contributed by atoms with Crippen molar-refractivity contribution in [3.63, 3.8) is 0 Å². The maximum absolute atomic E-state index is 12.1. The van der Waals surface area contributed by atoms with Crippen molar-refractivity contribution in [3.8, 4) is 0 Å². The highest BCUT2D eigenvalue weighted by Gasteiger charge is 2.14. The molecule has 0 saturated heterocycles. The Labute approximate surface area is 143 Å². The van der Waals surface area contributed by atoms with E-state index in [1.807, 2.05) is 64.0 Å². The van der Waals surface area contributed by atoms with Gasteiger partial charge in [0, 0.05) is 30.9 Å². The molecule has 24 heavy (non-hydrogen) atoms. The molecule has 1 amide bonds. The van der Waals surface area contributed by atoms with Gasteiger partial charge >= 0.3 is 0 Å². The second-order valence-electron chi connectivity index (χ2n) is 6.86. The van der Waals surface area contributed by atoms with Crippen LogP contribution in [-0.2, 0) is 0 Å². The van der Waals surface area contributed by atoms with E-state index in [2.05, 4.69) is 15.5 Å². The number of nitrogens with zero attached hydrogens (tertiary/aromatic N) is 3. The van der Waals surface area contributed by atoms with Crippen LogP contribution in [0.25, 0.3) is 0 Å². The zero-order valence-electron chi connectivity index (χ0n) is 14.9. The predicted molar refractivity (Wildman–Crippen MR) is 98.6 cm³/mol. The summed E-state index contributed by atoms with van der Waals surface area (Å²) < 4.78 is 0. The number of hydrogen-bond acceptors (Lipinski definition) is 4. The number of carbonyl (C=O) groups is 1. The van der Waals surface area contributed by atoms with Crippen LogP contribution in [-0.4, -0.2) is 25.5 Å². The number of azo groups is 1. The molecule has 0 aromatic heterocycles. The van der Waals surface area contributed by atoms with Crippen molar-refractivity contribution in [2.75, 3.05) is 19.0 Å². The molecule has 5 heteroatoms. The van der Waals surface area contributed by atoms with Crippen LogP contribution >= 0.6 is 0 Å². The number of hydrogen-bond donors (Lipinski definition) is 1. The highest BCUT2D eigenvalue weighted by Crippen LogP contribution is 2.21. The maximum Gasteiger partial charge on any atom is 0.251 e. The number of rotatable bonds is 4. The Bertz CT molecular complexity index is 711. The van der Waals surface area contributed by atoms with Gasteiger partial charge in [0.15, 0.2) is 0 Å². The number of nitrogens with one attached hydrogen (secondary N) is 1. The third-order valence-corrected chi connectivity index (χ3v) is 3.27. The van der Waals surface area contributed by atoms with Gasteiger partial charge in [0.25, 0.3) is 5.91 Å². The summed E-state index contributed by atoms with van der Waals surface area (Å²) in [6.07, 6.45) is 0. The van der Waals surface area contributed by atoms with E-state index in [-0.39, 0.29) is 11.4 Å². The molecule has 0 unspecified atom stereocenters. The highest BCUT2D eigenvalue weighted by molar-refractivity contribution is 5.94. The molecular weight excluding hydrogens is 300 g/mol. The molecule has 1 N–H and O–H groups in total. The average molecular weight is 324 g/mol. The molecule has 0 saturated carbocycles. The summed E-state index contributed by atoms with van der Waals surface area (Å²) >= 11 is 0. The number of anilines is 1. The minimum atomic E-state index is -0.256. The van der Waals surface area contributed by atoms with E-state index in [1.54, 1.807) is 24.3 Å². The molecule has 0 atom stereocenters. The van der Waals surface area contributed by atoms with E-state index in [0.717, 1.165) is 11.4 Å². The molecule has 0 fully saturated rings. The minimum Gasteiger partial charge on any atom is -0.378 e. The fourth-order valence-electron chi connectivity index (χ4n) is 2.03. The lowest BCUT2D eigenvalue weighted by Gasteiger charge is -2.20. The zero-order valence-corrected chi connectivity index (χ0v) is 14.9. The smallest absolute Gasteiger partial charge is 0.251 e. The van der Waals surface area contributed by atoms with Gasteiger partial charge in [0.1, 0.15) is 0 Å². The van der Waals surface area contributed by atoms with Crippen LogP contribution in [0.1, 0.15) is 31.1 Å². The monoisotopic (exact) mass is 324 g/mol. The van der Waals surface area contributed by atoms with E-state index in [1.165, 1.54) is 0 Å². The van der Waals surface area contributed by atoms with Crippen molar-refractivity contribution in [1.29, 1.82) is 0 Å². The Morgan fingerprint density at radius 3 is 1.75 bits per heavy atom. The molecule has 2 aromatic carbocycles. The van der Waals surface area contributed by atoms with Crippen LogP contribution in [0, 0.1) is 0 Å². The van der Waals surface area contributed by atoms with Crippen LogP contribution in [0.15, 0.2) is 58.8 Å². The van der Waals surface area contributed by atoms with Gasteiger partial charge in [-0.05, 0) is 69.3 Å². The van der Waals surface area contributed by atoms with Gasteiger partial charge in [-0.2, -0.15) is 10.2 Å². The lowest BCUT2D eigenvalue weighted by Crippen LogP contribution is -2.40. The Morgan fingerprint density at radius 2 is 1.33 bits per heavy atom. The highest BCUT2D eigenvalue weighted by atomic mass is 16.1. The lowest BCUT2D eigenvalue weighted by molar-refractivity contribution is 0.0919. The van der Waals surface area contributed by atoms with Gasteiger partial charge in [-0.25, -0.2) is 0 Å². The molecule has 0 aliphatic carbocycles. The lowest BCUT2D eigenvalue weighted by atomic mass is 10.1. The van der Waals surface area contributed by atoms with Gasteiger partial charge in [-0.15, -0.1) is 0 Å². The topological polar surface area (TPSA) is 57.1 Å². The first-order valence-electron chi connectivity index (χ1n) is 7.86. The van der Waals surface area contributed by atoms with Crippen LogP contribution < -0.4 is 10.2 Å². The standard InChI is InChI=1S/C19H24N4O/c1-19(2,3)20-18(24)14-6-8-15(9-7-14)21-22-16-10-12-17(13-11-16)23(4)5/h6-13H,1-5H3,(H,20,24). The first-order chi connectivity index (χ1) is 11.2. The third kappa shape index (κ3) is 5.19. The van der Waals surface area contributed by atoms with Crippen LogP contribution in [0.5, 0.6) is 0 Å². The molecule has 0 aliphatic rings. The van der Waals surface area contributed by atoms with Crippen LogP contribution in [0.2, 0.25) is 0 Å². The molecule has 0 heterocycles. The zero-order chi connectivity index (χ0) is 17.7. The minimum absolute atomic E-state index is 0.0923. The van der Waals surface area contributed by atoms with Crippen molar-refractivity contribution in [2.24, 2.45) is 10.2 Å². The third-order valence-electron chi connectivity index (χ3n) is 3.27. The van der Waals surface area contributed by atoms with Crippen molar-refractivity contribution in [1.82, 2.24) is 5.32 Å². The predicted octanol–water partition coefficient (Wildman–Crippen LogP) is 4.70. The molecule has 2 aromatic rings. The number of benzene rings is 2. The van der Waals surface area contributed by atoms with Gasteiger partial charge < -0.3 is 10.2 Å². The van der Waals surface area contributed by atoms with E-state index in [0.29, 0.717) is 11.3 Å². The van der Waals surface area contributed by atoms with Gasteiger partial charge in [0.2, 0.25) is 0 Å². The Morgan fingerprint density at radius 1 is 0.875 bits per heavy atom. The molecule has 0 aliphatic heterocycles. The molecular formula is C19H24N4O. The van der Waals surface area contributed by atoms with Crippen LogP contribution in [0.4, 0.5) is 17.1 Å². The second kappa shape index (κ2) is 7.25. The average Bonchev–Trinajstić information content (AvgIpc) is 2.52. The Kier molecular flexibility index (Phi) is 5.34. The van der Waals surface area contributed by atoms with Crippen molar-refractivity contribution in [3.05, 3.63) is 54.1 Å². The summed E-state index contributed by atoms with van der Waals surface area (Å²) in [7, 11) is 3.99. The quantitative estimate of drug-likeness (QED) is 0.829. The number of amides is 1. The summed E-state index contributed by atoms with van der Waals surface area (Å²) in [6.45, 7) is 5.86. The van der Waals surface area contributed by atoms with E-state index in [4.69, 9.17) is 0 Å². The Balaban J connectivity index is 2.04. The Hall–Kier alpha value is -2.69. The fourth-order valence-corrected chi connectivity index (χ4v) is 2.03. The largest absolute Gasteiger partial charge is 0.378 e. The molecule has 2 rings (SSSR count). The normalized spacial score (nSPS) is 11.5. The first-order valence-corrected chi connectivity index (χ1v) is 7.86. The van der Waals surface area contributed by atoms with Crippen molar-refractivity contribution < 1.29 is 4.79 Å². The van der Waals surface area contributed by atoms with Gasteiger partial charge in [0.05, 0.1) is 11.4 Å². The summed E-state index contributed by atoms with van der Waals surface area (Å²) in [5.74, 6) is -0.0923. The SMILES string of the molecule is CN(C)c1ccc(N=Nc2ccc(C(=O)NC(C)(C)C)cc2)cc1. The molecule has 0 radical (unpaired) electrons. The molecule has 0 spiro atoms.